The molecule has 1 saturated carbocycles. The van der Waals surface area contributed by atoms with E-state index in [2.05, 4.69) is 11.4 Å². The molecule has 1 unspecified atom stereocenters. The number of thioether (sulfide) groups is 1. The first-order chi connectivity index (χ1) is 8.35. The molecule has 0 aliphatic heterocycles. The van der Waals surface area contributed by atoms with Gasteiger partial charge in [-0.3, -0.25) is 5.32 Å². The maximum atomic E-state index is 10.9. The van der Waals surface area contributed by atoms with Crippen LogP contribution in [0.5, 0.6) is 0 Å². The summed E-state index contributed by atoms with van der Waals surface area (Å²) < 4.78 is 21.9. The summed E-state index contributed by atoms with van der Waals surface area (Å²) >= 11 is 1.65. The van der Waals surface area contributed by atoms with Gasteiger partial charge in [0.1, 0.15) is 15.4 Å². The SMILES string of the molecule is CC(C#N)(CCCSCCS(C)(=O)=O)NC1CC1. The molecule has 0 spiro atoms. The van der Waals surface area contributed by atoms with Crippen LogP contribution in [0.1, 0.15) is 32.6 Å². The van der Waals surface area contributed by atoms with Crippen LogP contribution in [0.25, 0.3) is 0 Å². The highest BCUT2D eigenvalue weighted by atomic mass is 32.2. The van der Waals surface area contributed by atoms with E-state index in [1.54, 1.807) is 11.8 Å². The molecule has 1 atom stereocenters. The Labute approximate surface area is 114 Å². The summed E-state index contributed by atoms with van der Waals surface area (Å²) in [6.45, 7) is 1.95. The zero-order chi connectivity index (χ0) is 13.6. The lowest BCUT2D eigenvalue weighted by Crippen LogP contribution is -2.42. The van der Waals surface area contributed by atoms with Crippen molar-refractivity contribution in [3.8, 4) is 6.07 Å². The van der Waals surface area contributed by atoms with Crippen LogP contribution in [0.4, 0.5) is 0 Å². The van der Waals surface area contributed by atoms with Gasteiger partial charge in [0.05, 0.1) is 11.8 Å². The maximum Gasteiger partial charge on any atom is 0.148 e. The highest BCUT2D eigenvalue weighted by molar-refractivity contribution is 8.00. The molecular weight excluding hydrogens is 268 g/mol. The van der Waals surface area contributed by atoms with Crippen molar-refractivity contribution < 1.29 is 8.42 Å². The number of nitrogens with zero attached hydrogens (tertiary/aromatic N) is 1. The Bertz CT molecular complexity index is 399. The minimum atomic E-state index is -2.84. The molecule has 18 heavy (non-hydrogen) atoms. The minimum absolute atomic E-state index is 0.244. The Morgan fingerprint density at radius 3 is 2.61 bits per heavy atom. The fraction of sp³-hybridized carbons (Fsp3) is 0.917. The number of hydrogen-bond acceptors (Lipinski definition) is 5. The highest BCUT2D eigenvalue weighted by Crippen LogP contribution is 2.24. The van der Waals surface area contributed by atoms with E-state index in [1.807, 2.05) is 6.92 Å². The molecule has 0 amide bonds. The molecule has 4 nitrogen and oxygen atoms in total. The molecule has 0 radical (unpaired) electrons. The molecule has 0 heterocycles. The first-order valence-corrected chi connectivity index (χ1v) is 9.51. The van der Waals surface area contributed by atoms with Gasteiger partial charge in [-0.25, -0.2) is 8.42 Å². The van der Waals surface area contributed by atoms with Gasteiger partial charge in [-0.15, -0.1) is 0 Å². The molecule has 0 bridgehead atoms. The quantitative estimate of drug-likeness (QED) is 0.653. The van der Waals surface area contributed by atoms with Gasteiger partial charge in [-0.2, -0.15) is 17.0 Å². The van der Waals surface area contributed by atoms with Crippen LogP contribution in [-0.2, 0) is 9.84 Å². The van der Waals surface area contributed by atoms with Crippen molar-refractivity contribution in [1.29, 1.82) is 5.26 Å². The largest absolute Gasteiger partial charge is 0.297 e. The minimum Gasteiger partial charge on any atom is -0.297 e. The molecule has 0 aromatic heterocycles. The third kappa shape index (κ3) is 7.24. The first-order valence-electron chi connectivity index (χ1n) is 6.29. The maximum absolute atomic E-state index is 10.9. The van der Waals surface area contributed by atoms with Gasteiger partial charge in [-0.05, 0) is 38.4 Å². The zero-order valence-corrected chi connectivity index (χ0v) is 12.7. The number of nitriles is 1. The fourth-order valence-electron chi connectivity index (χ4n) is 1.68. The average Bonchev–Trinajstić information content (AvgIpc) is 3.05. The number of hydrogen-bond donors (Lipinski definition) is 1. The average molecular weight is 290 g/mol. The van der Waals surface area contributed by atoms with Crippen molar-refractivity contribution >= 4 is 21.6 Å². The van der Waals surface area contributed by atoms with Crippen LogP contribution in [-0.4, -0.2) is 43.5 Å². The van der Waals surface area contributed by atoms with Crippen LogP contribution in [0.2, 0.25) is 0 Å². The van der Waals surface area contributed by atoms with E-state index in [0.717, 1.165) is 18.6 Å². The number of sulfone groups is 1. The second-order valence-electron chi connectivity index (χ2n) is 5.21. The smallest absolute Gasteiger partial charge is 0.148 e. The Kier molecular flexibility index (Phi) is 5.96. The summed E-state index contributed by atoms with van der Waals surface area (Å²) in [6.07, 6.45) is 5.39. The van der Waals surface area contributed by atoms with Crippen molar-refractivity contribution in [2.75, 3.05) is 23.5 Å². The standard InChI is InChI=1S/C12H22N2O2S2/c1-12(10-13,14-11-4-5-11)6-3-7-17-8-9-18(2,15)16/h11,14H,3-9H2,1-2H3. The summed E-state index contributed by atoms with van der Waals surface area (Å²) in [5, 5.41) is 12.5. The zero-order valence-electron chi connectivity index (χ0n) is 11.1. The Hall–Kier alpha value is -0.250. The lowest BCUT2D eigenvalue weighted by Gasteiger charge is -2.23. The summed E-state index contributed by atoms with van der Waals surface area (Å²) in [4.78, 5) is 0. The van der Waals surface area contributed by atoms with Crippen LogP contribution in [0, 0.1) is 11.3 Å². The fourth-order valence-corrected chi connectivity index (χ4v) is 3.91. The van der Waals surface area contributed by atoms with Gasteiger partial charge in [0.25, 0.3) is 0 Å². The molecule has 1 rings (SSSR count). The summed E-state index contributed by atoms with van der Waals surface area (Å²) in [5.74, 6) is 1.81. The first kappa shape index (κ1) is 15.8. The van der Waals surface area contributed by atoms with Crippen molar-refractivity contribution in [1.82, 2.24) is 5.32 Å². The molecule has 1 aliphatic rings. The van der Waals surface area contributed by atoms with E-state index in [1.165, 1.54) is 19.1 Å². The second-order valence-corrected chi connectivity index (χ2v) is 8.69. The predicted molar refractivity (Wildman–Crippen MR) is 76.4 cm³/mol. The van der Waals surface area contributed by atoms with E-state index >= 15 is 0 Å². The lowest BCUT2D eigenvalue weighted by atomic mass is 9.98. The second kappa shape index (κ2) is 6.78. The van der Waals surface area contributed by atoms with Crippen molar-refractivity contribution in [2.45, 2.75) is 44.2 Å². The molecule has 0 saturated heterocycles. The van der Waals surface area contributed by atoms with Crippen molar-refractivity contribution in [2.24, 2.45) is 0 Å². The predicted octanol–water partition coefficient (Wildman–Crippen LogP) is 1.58. The number of rotatable bonds is 9. The summed E-state index contributed by atoms with van der Waals surface area (Å²) in [6, 6.07) is 2.88. The van der Waals surface area contributed by atoms with E-state index in [4.69, 9.17) is 0 Å². The molecule has 0 aromatic carbocycles. The van der Waals surface area contributed by atoms with Crippen LogP contribution in [0.3, 0.4) is 0 Å². The van der Waals surface area contributed by atoms with Crippen molar-refractivity contribution in [3.63, 3.8) is 0 Å². The van der Waals surface area contributed by atoms with Gasteiger partial charge in [-0.1, -0.05) is 0 Å². The van der Waals surface area contributed by atoms with Gasteiger partial charge < -0.3 is 0 Å². The molecule has 6 heteroatoms. The Morgan fingerprint density at radius 2 is 2.11 bits per heavy atom. The van der Waals surface area contributed by atoms with Gasteiger partial charge in [0.2, 0.25) is 0 Å². The van der Waals surface area contributed by atoms with Gasteiger partial charge in [0, 0.05) is 18.1 Å². The highest BCUT2D eigenvalue weighted by Gasteiger charge is 2.31. The van der Waals surface area contributed by atoms with Crippen LogP contribution >= 0.6 is 11.8 Å². The van der Waals surface area contributed by atoms with Crippen LogP contribution < -0.4 is 5.32 Å². The van der Waals surface area contributed by atoms with E-state index in [9.17, 15) is 13.7 Å². The molecule has 1 N–H and O–H groups in total. The van der Waals surface area contributed by atoms with E-state index in [-0.39, 0.29) is 5.75 Å². The van der Waals surface area contributed by atoms with Gasteiger partial charge in [0.15, 0.2) is 0 Å². The lowest BCUT2D eigenvalue weighted by molar-refractivity contribution is 0.412. The van der Waals surface area contributed by atoms with Gasteiger partial charge >= 0.3 is 0 Å². The normalized spacial score (nSPS) is 19.2. The monoisotopic (exact) mass is 290 g/mol. The third-order valence-electron chi connectivity index (χ3n) is 2.91. The van der Waals surface area contributed by atoms with Crippen LogP contribution in [0.15, 0.2) is 0 Å². The summed E-state index contributed by atoms with van der Waals surface area (Å²) in [5.41, 5.74) is -0.418. The topological polar surface area (TPSA) is 70.0 Å². The number of nitrogens with one attached hydrogen (secondary N) is 1. The molecule has 1 aliphatic carbocycles. The Morgan fingerprint density at radius 1 is 1.44 bits per heavy atom. The Balaban J connectivity index is 2.10. The third-order valence-corrected chi connectivity index (χ3v) is 5.18. The molecular formula is C12H22N2O2S2. The molecule has 1 fully saturated rings. The van der Waals surface area contributed by atoms with E-state index in [0.29, 0.717) is 11.8 Å². The molecule has 104 valence electrons. The summed E-state index contributed by atoms with van der Waals surface area (Å²) in [7, 11) is -2.84. The van der Waals surface area contributed by atoms with Crippen molar-refractivity contribution in [3.05, 3.63) is 0 Å². The molecule has 0 aromatic rings. The van der Waals surface area contributed by atoms with E-state index < -0.39 is 15.4 Å².